The van der Waals surface area contributed by atoms with E-state index in [4.69, 9.17) is 0 Å². The van der Waals surface area contributed by atoms with E-state index in [1.807, 2.05) is 12.3 Å². The first-order chi connectivity index (χ1) is 7.80. The van der Waals surface area contributed by atoms with Gasteiger partial charge in [-0.2, -0.15) is 0 Å². The number of hydrogen-bond acceptors (Lipinski definition) is 2. The van der Waals surface area contributed by atoms with Gasteiger partial charge >= 0.3 is 0 Å². The van der Waals surface area contributed by atoms with Crippen molar-refractivity contribution in [2.75, 3.05) is 18.4 Å². The van der Waals surface area contributed by atoms with Gasteiger partial charge < -0.3 is 0 Å². The van der Waals surface area contributed by atoms with Crippen LogP contribution in [0.4, 0.5) is 0 Å². The number of nitrogens with zero attached hydrogens (tertiary/aromatic N) is 2. The Morgan fingerprint density at radius 1 is 1.38 bits per heavy atom. The van der Waals surface area contributed by atoms with E-state index in [9.17, 15) is 0 Å². The number of aromatic nitrogens is 1. The lowest BCUT2D eigenvalue weighted by atomic mass is 10.1. The minimum atomic E-state index is 0.740. The summed E-state index contributed by atoms with van der Waals surface area (Å²) in [4.78, 5) is 6.83. The molecule has 1 rings (SSSR count). The molecule has 0 aliphatic heterocycles. The number of hydrogen-bond donors (Lipinski definition) is 0. The van der Waals surface area contributed by atoms with Crippen molar-refractivity contribution in [2.45, 2.75) is 26.8 Å². The van der Waals surface area contributed by atoms with Crippen molar-refractivity contribution in [3.8, 4) is 0 Å². The van der Waals surface area contributed by atoms with Crippen molar-refractivity contribution in [1.82, 2.24) is 9.88 Å². The van der Waals surface area contributed by atoms with Crippen LogP contribution in [0.5, 0.6) is 0 Å². The molecule has 0 aromatic carbocycles. The smallest absolute Gasteiger partial charge is 0.0543 e. The maximum absolute atomic E-state index is 4.37. The number of pyridine rings is 1. The monoisotopic (exact) mass is 284 g/mol. The topological polar surface area (TPSA) is 16.1 Å². The Bertz CT molecular complexity index is 273. The molecule has 0 fully saturated rings. The second-order valence-electron chi connectivity index (χ2n) is 4.08. The highest BCUT2D eigenvalue weighted by Gasteiger charge is 2.11. The van der Waals surface area contributed by atoms with Gasteiger partial charge in [-0.05, 0) is 24.6 Å². The van der Waals surface area contributed by atoms with Crippen molar-refractivity contribution >= 4 is 15.9 Å². The average molecular weight is 285 g/mol. The normalized spacial score (nSPS) is 13.0. The lowest BCUT2D eigenvalue weighted by Crippen LogP contribution is -2.29. The summed E-state index contributed by atoms with van der Waals surface area (Å²) in [5.41, 5.74) is 1.16. The molecule has 0 saturated heterocycles. The fraction of sp³-hybridized carbons (Fsp3) is 0.615. The van der Waals surface area contributed by atoms with Gasteiger partial charge in [-0.1, -0.05) is 42.3 Å². The standard InChI is InChI=1S/C13H21BrN2/c1-3-12(9-14)10-16(4-2)11-13-7-5-6-8-15-13/h5-8,12H,3-4,9-11H2,1-2H3. The number of halogens is 1. The molecule has 1 atom stereocenters. The second-order valence-corrected chi connectivity index (χ2v) is 4.72. The van der Waals surface area contributed by atoms with Gasteiger partial charge in [0.2, 0.25) is 0 Å². The summed E-state index contributed by atoms with van der Waals surface area (Å²) in [7, 11) is 0. The summed E-state index contributed by atoms with van der Waals surface area (Å²) < 4.78 is 0. The van der Waals surface area contributed by atoms with Crippen molar-refractivity contribution in [3.05, 3.63) is 30.1 Å². The Morgan fingerprint density at radius 2 is 2.19 bits per heavy atom. The molecule has 0 radical (unpaired) electrons. The van der Waals surface area contributed by atoms with E-state index < -0.39 is 0 Å². The summed E-state index contributed by atoms with van der Waals surface area (Å²) in [5, 5.41) is 1.09. The molecule has 1 unspecified atom stereocenters. The predicted octanol–water partition coefficient (Wildman–Crippen LogP) is 3.32. The fourth-order valence-electron chi connectivity index (χ4n) is 1.68. The van der Waals surface area contributed by atoms with Crippen LogP contribution in [0.1, 0.15) is 26.0 Å². The SMILES string of the molecule is CCC(CBr)CN(CC)Cc1ccccn1. The molecular weight excluding hydrogens is 264 g/mol. The average Bonchev–Trinajstić information content (AvgIpc) is 2.35. The molecule has 16 heavy (non-hydrogen) atoms. The molecule has 3 heteroatoms. The maximum Gasteiger partial charge on any atom is 0.0543 e. The second kappa shape index (κ2) is 7.80. The molecule has 0 spiro atoms. The van der Waals surface area contributed by atoms with Crippen LogP contribution < -0.4 is 0 Å². The van der Waals surface area contributed by atoms with E-state index in [1.165, 1.54) is 6.42 Å². The zero-order valence-corrected chi connectivity index (χ0v) is 11.8. The first-order valence-electron chi connectivity index (χ1n) is 5.98. The summed E-state index contributed by atoms with van der Waals surface area (Å²) in [6, 6.07) is 6.11. The van der Waals surface area contributed by atoms with Crippen LogP contribution in [-0.2, 0) is 6.54 Å². The van der Waals surface area contributed by atoms with Crippen LogP contribution in [0.2, 0.25) is 0 Å². The third-order valence-electron chi connectivity index (χ3n) is 2.87. The van der Waals surface area contributed by atoms with Gasteiger partial charge in [-0.15, -0.1) is 0 Å². The van der Waals surface area contributed by atoms with Gasteiger partial charge in [0, 0.05) is 24.6 Å². The molecule has 2 nitrogen and oxygen atoms in total. The van der Waals surface area contributed by atoms with Gasteiger partial charge in [-0.25, -0.2) is 0 Å². The van der Waals surface area contributed by atoms with Crippen LogP contribution in [-0.4, -0.2) is 28.3 Å². The predicted molar refractivity (Wildman–Crippen MR) is 72.8 cm³/mol. The Hall–Kier alpha value is -0.410. The Balaban J connectivity index is 2.49. The summed E-state index contributed by atoms with van der Waals surface area (Å²) in [6.45, 7) is 7.65. The number of rotatable bonds is 7. The molecule has 0 bridgehead atoms. The van der Waals surface area contributed by atoms with E-state index in [2.05, 4.69) is 51.8 Å². The van der Waals surface area contributed by atoms with Crippen LogP contribution in [0, 0.1) is 5.92 Å². The van der Waals surface area contributed by atoms with Gasteiger partial charge in [-0.3, -0.25) is 9.88 Å². The Kier molecular flexibility index (Phi) is 6.65. The fourth-order valence-corrected chi connectivity index (χ4v) is 2.34. The van der Waals surface area contributed by atoms with Crippen LogP contribution in [0.25, 0.3) is 0 Å². The van der Waals surface area contributed by atoms with Gasteiger partial charge in [0.15, 0.2) is 0 Å². The van der Waals surface area contributed by atoms with E-state index in [0.29, 0.717) is 0 Å². The largest absolute Gasteiger partial charge is 0.297 e. The van der Waals surface area contributed by atoms with E-state index in [0.717, 1.165) is 36.6 Å². The highest BCUT2D eigenvalue weighted by Crippen LogP contribution is 2.11. The molecule has 0 aliphatic rings. The van der Waals surface area contributed by atoms with Crippen molar-refractivity contribution in [3.63, 3.8) is 0 Å². The van der Waals surface area contributed by atoms with Gasteiger partial charge in [0.05, 0.1) is 5.69 Å². The molecule has 0 saturated carbocycles. The minimum Gasteiger partial charge on any atom is -0.297 e. The minimum absolute atomic E-state index is 0.740. The molecule has 0 N–H and O–H groups in total. The number of alkyl halides is 1. The third-order valence-corrected chi connectivity index (χ3v) is 3.79. The molecule has 0 aliphatic carbocycles. The van der Waals surface area contributed by atoms with Crippen LogP contribution in [0.3, 0.4) is 0 Å². The van der Waals surface area contributed by atoms with Gasteiger partial charge in [0.1, 0.15) is 0 Å². The Labute approximate surface area is 107 Å². The van der Waals surface area contributed by atoms with Crippen molar-refractivity contribution < 1.29 is 0 Å². The Morgan fingerprint density at radius 3 is 2.69 bits per heavy atom. The van der Waals surface area contributed by atoms with Crippen molar-refractivity contribution in [2.24, 2.45) is 5.92 Å². The highest BCUT2D eigenvalue weighted by atomic mass is 79.9. The van der Waals surface area contributed by atoms with Gasteiger partial charge in [0.25, 0.3) is 0 Å². The molecule has 1 heterocycles. The van der Waals surface area contributed by atoms with Crippen LogP contribution >= 0.6 is 15.9 Å². The van der Waals surface area contributed by atoms with E-state index >= 15 is 0 Å². The summed E-state index contributed by atoms with van der Waals surface area (Å²) in [6.07, 6.45) is 3.09. The first kappa shape index (κ1) is 13.7. The van der Waals surface area contributed by atoms with Crippen molar-refractivity contribution in [1.29, 1.82) is 0 Å². The highest BCUT2D eigenvalue weighted by molar-refractivity contribution is 9.09. The first-order valence-corrected chi connectivity index (χ1v) is 7.10. The molecule has 1 aromatic rings. The molecule has 90 valence electrons. The van der Waals surface area contributed by atoms with E-state index in [-0.39, 0.29) is 0 Å². The molecule has 0 amide bonds. The zero-order chi connectivity index (χ0) is 11.8. The molecule has 1 aromatic heterocycles. The summed E-state index contributed by atoms with van der Waals surface area (Å²) >= 11 is 3.58. The lowest BCUT2D eigenvalue weighted by Gasteiger charge is -2.24. The quantitative estimate of drug-likeness (QED) is 0.714. The zero-order valence-electron chi connectivity index (χ0n) is 10.2. The van der Waals surface area contributed by atoms with E-state index in [1.54, 1.807) is 0 Å². The molecular formula is C13H21BrN2. The summed E-state index contributed by atoms with van der Waals surface area (Å²) in [5.74, 6) is 0.740. The third kappa shape index (κ3) is 4.62. The van der Waals surface area contributed by atoms with Crippen LogP contribution in [0.15, 0.2) is 24.4 Å². The maximum atomic E-state index is 4.37. The lowest BCUT2D eigenvalue weighted by molar-refractivity contribution is 0.238.